The van der Waals surface area contributed by atoms with E-state index >= 15 is 0 Å². The minimum Gasteiger partial charge on any atom is -0.368 e. The smallest absolute Gasteiger partial charge is 0.263 e. The lowest BCUT2D eigenvalue weighted by Crippen LogP contribution is -2.40. The van der Waals surface area contributed by atoms with E-state index in [9.17, 15) is 23.2 Å². The molecule has 41 heavy (non-hydrogen) atoms. The zero-order chi connectivity index (χ0) is 28.9. The van der Waals surface area contributed by atoms with Crippen molar-refractivity contribution in [3.63, 3.8) is 0 Å². The van der Waals surface area contributed by atoms with Gasteiger partial charge >= 0.3 is 0 Å². The zero-order valence-electron chi connectivity index (χ0n) is 22.6. The summed E-state index contributed by atoms with van der Waals surface area (Å²) in [6.07, 6.45) is 4.01. The molecule has 1 aromatic heterocycles. The van der Waals surface area contributed by atoms with Crippen molar-refractivity contribution in [2.24, 2.45) is 5.73 Å². The van der Waals surface area contributed by atoms with Crippen LogP contribution >= 0.6 is 11.3 Å². The van der Waals surface area contributed by atoms with Crippen LogP contribution in [0, 0.1) is 11.6 Å². The SMILES string of the molecule is NC1CCC(NC(=O)c2ccc(N3CCCN(C(=O)c4cccs4)CC3)c(NC(=O)c3ccc(F)c(F)c3)c2)CC1. The van der Waals surface area contributed by atoms with Crippen LogP contribution in [0.4, 0.5) is 20.2 Å². The van der Waals surface area contributed by atoms with Crippen LogP contribution in [-0.4, -0.2) is 60.9 Å². The third kappa shape index (κ3) is 6.91. The van der Waals surface area contributed by atoms with Crippen molar-refractivity contribution in [2.75, 3.05) is 36.4 Å². The maximum Gasteiger partial charge on any atom is 0.263 e. The Morgan fingerprint density at radius 2 is 1.61 bits per heavy atom. The topological polar surface area (TPSA) is 108 Å². The number of hydrogen-bond acceptors (Lipinski definition) is 6. The fourth-order valence-electron chi connectivity index (χ4n) is 5.33. The molecule has 1 saturated carbocycles. The molecule has 5 rings (SSSR count). The van der Waals surface area contributed by atoms with E-state index in [0.717, 1.165) is 37.8 Å². The highest BCUT2D eigenvalue weighted by atomic mass is 32.1. The van der Waals surface area contributed by atoms with Crippen molar-refractivity contribution in [3.8, 4) is 0 Å². The second kappa shape index (κ2) is 12.8. The van der Waals surface area contributed by atoms with Gasteiger partial charge in [-0.05, 0) is 79.9 Å². The van der Waals surface area contributed by atoms with Crippen LogP contribution in [0.25, 0.3) is 0 Å². The predicted molar refractivity (Wildman–Crippen MR) is 156 cm³/mol. The highest BCUT2D eigenvalue weighted by Crippen LogP contribution is 2.30. The highest BCUT2D eigenvalue weighted by molar-refractivity contribution is 7.12. The summed E-state index contributed by atoms with van der Waals surface area (Å²) in [5.41, 5.74) is 7.36. The number of rotatable bonds is 6. The summed E-state index contributed by atoms with van der Waals surface area (Å²) in [5, 5.41) is 7.75. The summed E-state index contributed by atoms with van der Waals surface area (Å²) >= 11 is 1.41. The van der Waals surface area contributed by atoms with E-state index in [0.29, 0.717) is 54.4 Å². The molecule has 4 N–H and O–H groups in total. The van der Waals surface area contributed by atoms with Crippen molar-refractivity contribution in [1.82, 2.24) is 10.2 Å². The first-order chi connectivity index (χ1) is 19.8. The van der Waals surface area contributed by atoms with Crippen LogP contribution in [-0.2, 0) is 0 Å². The molecule has 0 atom stereocenters. The summed E-state index contributed by atoms with van der Waals surface area (Å²) in [6.45, 7) is 2.21. The average molecular weight is 582 g/mol. The van der Waals surface area contributed by atoms with E-state index < -0.39 is 17.5 Å². The predicted octanol–water partition coefficient (Wildman–Crippen LogP) is 4.63. The van der Waals surface area contributed by atoms with Gasteiger partial charge in [-0.1, -0.05) is 6.07 Å². The first-order valence-corrected chi connectivity index (χ1v) is 14.7. The van der Waals surface area contributed by atoms with Gasteiger partial charge in [0.25, 0.3) is 17.7 Å². The van der Waals surface area contributed by atoms with E-state index in [2.05, 4.69) is 15.5 Å². The summed E-state index contributed by atoms with van der Waals surface area (Å²) in [6, 6.07) is 11.9. The molecule has 1 saturated heterocycles. The molecule has 2 aromatic carbocycles. The molecule has 0 radical (unpaired) electrons. The van der Waals surface area contributed by atoms with Crippen molar-refractivity contribution >= 4 is 40.4 Å². The van der Waals surface area contributed by atoms with Crippen molar-refractivity contribution in [1.29, 1.82) is 0 Å². The molecule has 2 fully saturated rings. The molecule has 0 bridgehead atoms. The average Bonchev–Trinajstić information content (AvgIpc) is 3.40. The molecule has 1 aliphatic heterocycles. The Morgan fingerprint density at radius 1 is 0.854 bits per heavy atom. The Bertz CT molecular complexity index is 1410. The number of carbonyl (C=O) groups excluding carboxylic acids is 3. The number of hydrogen-bond donors (Lipinski definition) is 3. The van der Waals surface area contributed by atoms with Crippen LogP contribution < -0.4 is 21.3 Å². The number of halogens is 2. The maximum absolute atomic E-state index is 13.9. The van der Waals surface area contributed by atoms with E-state index in [1.165, 1.54) is 17.4 Å². The number of nitrogens with zero attached hydrogens (tertiary/aromatic N) is 2. The number of anilines is 2. The number of nitrogens with one attached hydrogen (secondary N) is 2. The fraction of sp³-hybridized carbons (Fsp3) is 0.367. The van der Waals surface area contributed by atoms with Crippen molar-refractivity contribution in [2.45, 2.75) is 44.2 Å². The lowest BCUT2D eigenvalue weighted by molar-refractivity contribution is 0.0771. The second-order valence-electron chi connectivity index (χ2n) is 10.5. The van der Waals surface area contributed by atoms with Crippen LogP contribution in [0.15, 0.2) is 53.9 Å². The van der Waals surface area contributed by atoms with Gasteiger partial charge in [-0.3, -0.25) is 14.4 Å². The first-order valence-electron chi connectivity index (χ1n) is 13.8. The van der Waals surface area contributed by atoms with Crippen LogP contribution in [0.5, 0.6) is 0 Å². The molecule has 0 spiro atoms. The Labute approximate surface area is 241 Å². The molecule has 2 heterocycles. The summed E-state index contributed by atoms with van der Waals surface area (Å²) in [4.78, 5) is 43.8. The summed E-state index contributed by atoms with van der Waals surface area (Å²) in [7, 11) is 0. The number of thiophene rings is 1. The van der Waals surface area contributed by atoms with Crippen molar-refractivity contribution < 1.29 is 23.2 Å². The molecule has 2 aliphatic rings. The molecule has 1 aliphatic carbocycles. The zero-order valence-corrected chi connectivity index (χ0v) is 23.4. The molecule has 0 unspecified atom stereocenters. The van der Waals surface area contributed by atoms with E-state index in [1.807, 2.05) is 22.4 Å². The number of nitrogens with two attached hydrogens (primary N) is 1. The largest absolute Gasteiger partial charge is 0.368 e. The van der Waals surface area contributed by atoms with Gasteiger partial charge in [0.2, 0.25) is 0 Å². The molecule has 3 amide bonds. The van der Waals surface area contributed by atoms with Gasteiger partial charge in [-0.15, -0.1) is 11.3 Å². The fourth-order valence-corrected chi connectivity index (χ4v) is 6.03. The normalized spacial score (nSPS) is 19.4. The highest BCUT2D eigenvalue weighted by Gasteiger charge is 2.25. The van der Waals surface area contributed by atoms with Gasteiger partial charge in [0.15, 0.2) is 11.6 Å². The lowest BCUT2D eigenvalue weighted by atomic mass is 9.91. The maximum atomic E-state index is 13.9. The van der Waals surface area contributed by atoms with Crippen LogP contribution in [0.1, 0.15) is 62.5 Å². The minimum atomic E-state index is -1.12. The first kappa shape index (κ1) is 28.7. The molecule has 216 valence electrons. The van der Waals surface area contributed by atoms with Gasteiger partial charge in [0.05, 0.1) is 16.3 Å². The summed E-state index contributed by atoms with van der Waals surface area (Å²) in [5.74, 6) is -3.07. The minimum absolute atomic E-state index is 0.00981. The number of carbonyl (C=O) groups is 3. The molecule has 11 heteroatoms. The van der Waals surface area contributed by atoms with Gasteiger partial charge in [0.1, 0.15) is 0 Å². The Balaban J connectivity index is 1.37. The van der Waals surface area contributed by atoms with Gasteiger partial charge in [-0.2, -0.15) is 0 Å². The second-order valence-corrected chi connectivity index (χ2v) is 11.5. The van der Waals surface area contributed by atoms with E-state index in [1.54, 1.807) is 18.2 Å². The van der Waals surface area contributed by atoms with Crippen LogP contribution in [0.2, 0.25) is 0 Å². The summed E-state index contributed by atoms with van der Waals surface area (Å²) < 4.78 is 27.3. The molecular weight excluding hydrogens is 548 g/mol. The van der Waals surface area contributed by atoms with Gasteiger partial charge < -0.3 is 26.2 Å². The number of amides is 3. The van der Waals surface area contributed by atoms with Gasteiger partial charge in [-0.25, -0.2) is 8.78 Å². The Kier molecular flexibility index (Phi) is 8.94. The Morgan fingerprint density at radius 3 is 2.34 bits per heavy atom. The lowest BCUT2D eigenvalue weighted by Gasteiger charge is -2.28. The van der Waals surface area contributed by atoms with Crippen molar-refractivity contribution in [3.05, 3.63) is 81.5 Å². The van der Waals surface area contributed by atoms with E-state index in [-0.39, 0.29) is 29.5 Å². The molecule has 8 nitrogen and oxygen atoms in total. The van der Waals surface area contributed by atoms with Gasteiger partial charge in [0, 0.05) is 49.4 Å². The standard InChI is InChI=1S/C30H33F2N5O3S/c31-23-10-4-19(17-24(23)32)29(39)35-25-18-20(28(38)34-22-8-6-21(33)7-9-22)5-11-26(25)36-12-2-13-37(15-14-36)30(40)27-3-1-16-41-27/h1,3-5,10-11,16-18,21-22H,2,6-9,12-15,33H2,(H,34,38)(H,35,39). The van der Waals surface area contributed by atoms with E-state index in [4.69, 9.17) is 5.73 Å². The monoisotopic (exact) mass is 581 g/mol. The van der Waals surface area contributed by atoms with Crippen LogP contribution in [0.3, 0.4) is 0 Å². The third-order valence-corrected chi connectivity index (χ3v) is 8.51. The quantitative estimate of drug-likeness (QED) is 0.394. The number of benzene rings is 2. The Hall–Kier alpha value is -3.83. The molecular formula is C30H33F2N5O3S. The molecule has 3 aromatic rings. The third-order valence-electron chi connectivity index (χ3n) is 7.65.